The summed E-state index contributed by atoms with van der Waals surface area (Å²) in [6.07, 6.45) is 66.3. The molecule has 1 amide bonds. The van der Waals surface area contributed by atoms with Crippen molar-refractivity contribution in [3.8, 4) is 0 Å². The Labute approximate surface area is 405 Å². The van der Waals surface area contributed by atoms with Crippen LogP contribution < -0.4 is 5.32 Å². The molecule has 1 fully saturated rings. The van der Waals surface area contributed by atoms with E-state index in [1.54, 1.807) is 6.08 Å². The second-order valence-corrected chi connectivity index (χ2v) is 16.5. The van der Waals surface area contributed by atoms with Crippen molar-refractivity contribution < 1.29 is 39.8 Å². The van der Waals surface area contributed by atoms with Gasteiger partial charge in [0.05, 0.1) is 25.4 Å². The van der Waals surface area contributed by atoms with Crippen LogP contribution in [0.3, 0.4) is 0 Å². The summed E-state index contributed by atoms with van der Waals surface area (Å²) in [4.78, 5) is 12.9. The lowest BCUT2D eigenvalue weighted by Crippen LogP contribution is -2.60. The minimum Gasteiger partial charge on any atom is -0.394 e. The van der Waals surface area contributed by atoms with Gasteiger partial charge in [0.25, 0.3) is 0 Å². The highest BCUT2D eigenvalue weighted by Crippen LogP contribution is 2.22. The number of rotatable bonds is 39. The average molecular weight is 928 g/mol. The number of allylic oxidation sites excluding steroid dienone is 25. The highest BCUT2D eigenvalue weighted by molar-refractivity contribution is 5.76. The number of hydrogen-bond acceptors (Lipinski definition) is 8. The molecular formula is C58H89NO8. The average Bonchev–Trinajstić information content (AvgIpc) is 3.33. The topological polar surface area (TPSA) is 149 Å². The van der Waals surface area contributed by atoms with Crippen LogP contribution in [-0.2, 0) is 14.3 Å². The first kappa shape index (κ1) is 60.8. The van der Waals surface area contributed by atoms with Crippen LogP contribution in [0, 0.1) is 0 Å². The van der Waals surface area contributed by atoms with E-state index in [9.17, 15) is 30.3 Å². The van der Waals surface area contributed by atoms with Crippen molar-refractivity contribution in [3.05, 3.63) is 158 Å². The molecule has 0 aliphatic carbocycles. The number of amides is 1. The Kier molecular flexibility index (Phi) is 41.4. The van der Waals surface area contributed by atoms with Crippen molar-refractivity contribution >= 4 is 5.91 Å². The molecule has 7 atom stereocenters. The molecule has 67 heavy (non-hydrogen) atoms. The van der Waals surface area contributed by atoms with Gasteiger partial charge in [0.2, 0.25) is 5.91 Å². The molecule has 1 aliphatic heterocycles. The first-order valence-electron chi connectivity index (χ1n) is 25.2. The fraction of sp³-hybridized carbons (Fsp3) is 0.534. The summed E-state index contributed by atoms with van der Waals surface area (Å²) in [5.74, 6) is -0.233. The van der Waals surface area contributed by atoms with E-state index in [4.69, 9.17) is 9.47 Å². The molecule has 0 aromatic carbocycles. The molecule has 1 heterocycles. The van der Waals surface area contributed by atoms with Crippen LogP contribution in [0.2, 0.25) is 0 Å². The predicted molar refractivity (Wildman–Crippen MR) is 280 cm³/mol. The van der Waals surface area contributed by atoms with Crippen molar-refractivity contribution in [1.82, 2.24) is 5.32 Å². The van der Waals surface area contributed by atoms with Gasteiger partial charge in [-0.05, 0) is 109 Å². The molecular weight excluding hydrogens is 839 g/mol. The van der Waals surface area contributed by atoms with Crippen molar-refractivity contribution in [2.24, 2.45) is 0 Å². The Hall–Kier alpha value is -4.19. The third-order valence-corrected chi connectivity index (χ3v) is 10.6. The smallest absolute Gasteiger partial charge is 0.220 e. The Bertz CT molecular complexity index is 1590. The van der Waals surface area contributed by atoms with Crippen LogP contribution in [0.4, 0.5) is 0 Å². The van der Waals surface area contributed by atoms with Crippen LogP contribution in [0.25, 0.3) is 0 Å². The predicted octanol–water partition coefficient (Wildman–Crippen LogP) is 11.7. The number of hydrogen-bond donors (Lipinski definition) is 6. The van der Waals surface area contributed by atoms with Crippen LogP contribution in [0.15, 0.2) is 158 Å². The van der Waals surface area contributed by atoms with Crippen molar-refractivity contribution in [1.29, 1.82) is 0 Å². The molecule has 0 aromatic rings. The molecule has 9 heteroatoms. The third kappa shape index (κ3) is 35.6. The summed E-state index contributed by atoms with van der Waals surface area (Å²) in [6.45, 7) is 3.47. The quantitative estimate of drug-likeness (QED) is 0.0264. The van der Waals surface area contributed by atoms with Crippen LogP contribution >= 0.6 is 0 Å². The molecule has 0 bridgehead atoms. The zero-order valence-electron chi connectivity index (χ0n) is 41.1. The molecule has 0 spiro atoms. The largest absolute Gasteiger partial charge is 0.394 e. The molecule has 1 aliphatic rings. The van der Waals surface area contributed by atoms with Crippen LogP contribution in [-0.4, -0.2) is 87.5 Å². The Morgan fingerprint density at radius 2 is 0.940 bits per heavy atom. The summed E-state index contributed by atoms with van der Waals surface area (Å²) >= 11 is 0. The highest BCUT2D eigenvalue weighted by Gasteiger charge is 2.44. The summed E-state index contributed by atoms with van der Waals surface area (Å²) in [7, 11) is 0. The van der Waals surface area contributed by atoms with Gasteiger partial charge < -0.3 is 40.3 Å². The Morgan fingerprint density at radius 3 is 1.39 bits per heavy atom. The van der Waals surface area contributed by atoms with Gasteiger partial charge in [-0.1, -0.05) is 185 Å². The number of nitrogens with one attached hydrogen (secondary N) is 1. The zero-order valence-corrected chi connectivity index (χ0v) is 41.1. The maximum Gasteiger partial charge on any atom is 0.220 e. The van der Waals surface area contributed by atoms with E-state index in [2.05, 4.69) is 165 Å². The first-order valence-corrected chi connectivity index (χ1v) is 25.2. The van der Waals surface area contributed by atoms with E-state index < -0.39 is 49.5 Å². The maximum absolute atomic E-state index is 12.9. The minimum absolute atomic E-state index is 0.227. The lowest BCUT2D eigenvalue weighted by atomic mass is 9.99. The Balaban J connectivity index is 2.19. The normalized spacial score (nSPS) is 21.1. The van der Waals surface area contributed by atoms with Crippen molar-refractivity contribution in [3.63, 3.8) is 0 Å². The summed E-state index contributed by atoms with van der Waals surface area (Å²) < 4.78 is 11.1. The number of unbranched alkanes of at least 4 members (excludes halogenated alkanes) is 5. The first-order chi connectivity index (χ1) is 32.8. The van der Waals surface area contributed by atoms with Gasteiger partial charge in [0.15, 0.2) is 6.29 Å². The fourth-order valence-corrected chi connectivity index (χ4v) is 6.59. The number of aliphatic hydroxyl groups excluding tert-OH is 5. The van der Waals surface area contributed by atoms with Crippen LogP contribution in [0.1, 0.15) is 142 Å². The molecule has 0 aromatic heterocycles. The van der Waals surface area contributed by atoms with Gasteiger partial charge in [-0.15, -0.1) is 0 Å². The number of ether oxygens (including phenoxy) is 2. The maximum atomic E-state index is 12.9. The summed E-state index contributed by atoms with van der Waals surface area (Å²) in [6, 6.07) is -0.848. The molecule has 0 saturated carbocycles. The minimum atomic E-state index is -1.59. The monoisotopic (exact) mass is 928 g/mol. The van der Waals surface area contributed by atoms with E-state index in [1.165, 1.54) is 0 Å². The van der Waals surface area contributed by atoms with E-state index in [0.29, 0.717) is 6.42 Å². The van der Waals surface area contributed by atoms with Crippen LogP contribution in [0.5, 0.6) is 0 Å². The molecule has 7 unspecified atom stereocenters. The Morgan fingerprint density at radius 1 is 0.522 bits per heavy atom. The fourth-order valence-electron chi connectivity index (χ4n) is 6.59. The molecule has 1 saturated heterocycles. The molecule has 9 nitrogen and oxygen atoms in total. The third-order valence-electron chi connectivity index (χ3n) is 10.6. The SMILES string of the molecule is CC/C=C\C/C=C\C/C=C\C/C=C\C/C=C\C/C=C\C/C=C\C/C=C\C/C=C\C/C=C\C/C=C\CCCCCC(=O)NC(COC1OC(CO)C(O)C(O)C1O)C(O)/C=C/CC/C=C/CCC. The molecule has 374 valence electrons. The summed E-state index contributed by atoms with van der Waals surface area (Å²) in [5.41, 5.74) is 0. The van der Waals surface area contributed by atoms with E-state index in [-0.39, 0.29) is 18.9 Å². The number of carbonyl (C=O) groups is 1. The van der Waals surface area contributed by atoms with Crippen molar-refractivity contribution in [2.75, 3.05) is 13.2 Å². The number of carbonyl (C=O) groups excluding carboxylic acids is 1. The zero-order chi connectivity index (χ0) is 48.7. The standard InChI is InChI=1S/C58H89NO8/c1-3-5-7-9-11-12-13-14-15-16-17-18-19-20-21-22-23-24-25-26-27-28-29-30-31-32-33-34-35-36-37-38-39-40-42-44-46-48-54(62)59-51(52(61)47-45-43-41-10-8-6-4-2)50-66-58-57(65)56(64)55(63)53(49-60)67-58/h5,7-8,10-12,14-15,17-18,20-21,23-24,26-27,29-30,32-33,35-36,38-39,45,47,51-53,55-58,60-61,63-65H,3-4,6,9,13,16,19,22,25,28,31,34,37,40-44,46,48-50H2,1-2H3,(H,59,62)/b7-5-,10-8+,12-11-,15-14-,18-17-,21-20-,24-23-,27-26-,30-29-,33-32-,36-35-,39-38-,47-45+. The van der Waals surface area contributed by atoms with Gasteiger partial charge in [0, 0.05) is 6.42 Å². The van der Waals surface area contributed by atoms with E-state index in [1.807, 2.05) is 6.08 Å². The van der Waals surface area contributed by atoms with Gasteiger partial charge >= 0.3 is 0 Å². The lowest BCUT2D eigenvalue weighted by molar-refractivity contribution is -0.302. The highest BCUT2D eigenvalue weighted by atomic mass is 16.7. The number of aliphatic hydroxyl groups is 5. The molecule has 6 N–H and O–H groups in total. The van der Waals surface area contributed by atoms with E-state index in [0.717, 1.165) is 116 Å². The van der Waals surface area contributed by atoms with Crippen molar-refractivity contribution in [2.45, 2.75) is 185 Å². The second kappa shape index (κ2) is 45.6. The van der Waals surface area contributed by atoms with Gasteiger partial charge in [0.1, 0.15) is 24.4 Å². The van der Waals surface area contributed by atoms with Gasteiger partial charge in [-0.25, -0.2) is 0 Å². The molecule has 0 radical (unpaired) electrons. The van der Waals surface area contributed by atoms with Gasteiger partial charge in [-0.2, -0.15) is 0 Å². The summed E-state index contributed by atoms with van der Waals surface area (Å²) in [5, 5.41) is 53.9. The lowest BCUT2D eigenvalue weighted by Gasteiger charge is -2.40. The van der Waals surface area contributed by atoms with Gasteiger partial charge in [-0.3, -0.25) is 4.79 Å². The van der Waals surface area contributed by atoms with E-state index >= 15 is 0 Å². The second-order valence-electron chi connectivity index (χ2n) is 16.5. The molecule has 1 rings (SSSR count).